The standard InChI is InChI=1S/C27H27N5O2S/c1-4-14-30-18(2)15-22(19(30)3)24(33)17-35-27-29-28-26-31(16-20-10-6-5-7-11-20)25(34)21-12-8-9-13-23(21)32(26)27/h5-13,15H,4,14,16-17H2,1-3H3. The van der Waals surface area contributed by atoms with Gasteiger partial charge in [0.05, 0.1) is 23.2 Å². The fourth-order valence-electron chi connectivity index (χ4n) is 4.59. The van der Waals surface area contributed by atoms with Gasteiger partial charge in [-0.1, -0.05) is 61.2 Å². The summed E-state index contributed by atoms with van der Waals surface area (Å²) in [5, 5.41) is 9.95. The van der Waals surface area contributed by atoms with Gasteiger partial charge >= 0.3 is 0 Å². The molecule has 8 heteroatoms. The molecule has 0 saturated heterocycles. The fraction of sp³-hybridized carbons (Fsp3) is 0.259. The maximum absolute atomic E-state index is 13.4. The molecule has 0 aliphatic heterocycles. The molecular weight excluding hydrogens is 458 g/mol. The first-order valence-electron chi connectivity index (χ1n) is 11.7. The van der Waals surface area contributed by atoms with Crippen LogP contribution in [0.25, 0.3) is 16.7 Å². The number of carbonyl (C=O) groups excluding carboxylic acids is 1. The van der Waals surface area contributed by atoms with Crippen molar-refractivity contribution in [2.75, 3.05) is 5.75 Å². The first-order valence-corrected chi connectivity index (χ1v) is 12.7. The Kier molecular flexibility index (Phi) is 6.30. The van der Waals surface area contributed by atoms with E-state index in [9.17, 15) is 9.59 Å². The highest BCUT2D eigenvalue weighted by molar-refractivity contribution is 7.99. The van der Waals surface area contributed by atoms with Gasteiger partial charge < -0.3 is 4.57 Å². The van der Waals surface area contributed by atoms with Gasteiger partial charge in [-0.25, -0.2) is 0 Å². The maximum Gasteiger partial charge on any atom is 0.263 e. The highest BCUT2D eigenvalue weighted by Crippen LogP contribution is 2.24. The van der Waals surface area contributed by atoms with E-state index in [2.05, 4.69) is 21.7 Å². The molecule has 0 fully saturated rings. The van der Waals surface area contributed by atoms with Gasteiger partial charge in [0.1, 0.15) is 0 Å². The molecule has 2 aromatic carbocycles. The molecule has 0 spiro atoms. The number of rotatable bonds is 8. The first kappa shape index (κ1) is 23.1. The molecule has 35 heavy (non-hydrogen) atoms. The lowest BCUT2D eigenvalue weighted by Crippen LogP contribution is -2.24. The molecule has 7 nitrogen and oxygen atoms in total. The Morgan fingerprint density at radius 1 is 0.971 bits per heavy atom. The van der Waals surface area contributed by atoms with Crippen LogP contribution in [0.2, 0.25) is 0 Å². The van der Waals surface area contributed by atoms with Gasteiger partial charge in [-0.05, 0) is 44.0 Å². The van der Waals surface area contributed by atoms with Gasteiger partial charge in [-0.2, -0.15) is 0 Å². The number of ketones is 1. The summed E-state index contributed by atoms with van der Waals surface area (Å²) in [5.74, 6) is 0.765. The molecule has 3 aromatic heterocycles. The van der Waals surface area contributed by atoms with E-state index in [-0.39, 0.29) is 17.1 Å². The summed E-state index contributed by atoms with van der Waals surface area (Å²) in [7, 11) is 0. The van der Waals surface area contributed by atoms with Crippen molar-refractivity contribution in [1.29, 1.82) is 0 Å². The summed E-state index contributed by atoms with van der Waals surface area (Å²) in [4.78, 5) is 26.5. The number of carbonyl (C=O) groups is 1. The van der Waals surface area contributed by atoms with Gasteiger partial charge in [-0.15, -0.1) is 10.2 Å². The van der Waals surface area contributed by atoms with Gasteiger partial charge in [0.15, 0.2) is 10.9 Å². The summed E-state index contributed by atoms with van der Waals surface area (Å²) in [6.45, 7) is 7.46. The van der Waals surface area contributed by atoms with Crippen LogP contribution in [0.5, 0.6) is 0 Å². The molecule has 0 radical (unpaired) electrons. The Balaban J connectivity index is 1.53. The minimum atomic E-state index is -0.111. The quantitative estimate of drug-likeness (QED) is 0.231. The van der Waals surface area contributed by atoms with E-state index in [1.54, 1.807) is 4.57 Å². The lowest BCUT2D eigenvalue weighted by molar-refractivity contribution is 0.102. The number of hydrogen-bond donors (Lipinski definition) is 0. The van der Waals surface area contributed by atoms with Crippen LogP contribution in [0.15, 0.2) is 70.6 Å². The second kappa shape index (κ2) is 9.54. The fourth-order valence-corrected chi connectivity index (χ4v) is 5.42. The number of thioether (sulfide) groups is 1. The summed E-state index contributed by atoms with van der Waals surface area (Å²) in [6.07, 6.45) is 1.02. The summed E-state index contributed by atoms with van der Waals surface area (Å²) >= 11 is 1.35. The van der Waals surface area contributed by atoms with E-state index in [0.29, 0.717) is 22.9 Å². The number of hydrogen-bond acceptors (Lipinski definition) is 5. The van der Waals surface area contributed by atoms with Gasteiger partial charge in [0.2, 0.25) is 5.78 Å². The zero-order valence-corrected chi connectivity index (χ0v) is 20.9. The number of Topliss-reactive ketones (excluding diaryl/α,β-unsaturated/α-hetero) is 1. The molecule has 0 unspecified atom stereocenters. The van der Waals surface area contributed by atoms with E-state index in [0.717, 1.165) is 41.0 Å². The molecule has 0 amide bonds. The highest BCUT2D eigenvalue weighted by atomic mass is 32.2. The molecule has 0 bridgehead atoms. The molecule has 0 aliphatic rings. The predicted molar refractivity (Wildman–Crippen MR) is 140 cm³/mol. The van der Waals surface area contributed by atoms with Crippen molar-refractivity contribution in [2.45, 2.75) is 45.4 Å². The number of aryl methyl sites for hydroxylation is 1. The molecule has 0 saturated carbocycles. The van der Waals surface area contributed by atoms with E-state index < -0.39 is 0 Å². The van der Waals surface area contributed by atoms with Crippen molar-refractivity contribution in [3.63, 3.8) is 0 Å². The molecule has 0 atom stereocenters. The third kappa shape index (κ3) is 4.18. The normalized spacial score (nSPS) is 11.5. The minimum absolute atomic E-state index is 0.0594. The van der Waals surface area contributed by atoms with Crippen LogP contribution in [-0.4, -0.2) is 35.3 Å². The Labute approximate surface area is 207 Å². The van der Waals surface area contributed by atoms with Crippen LogP contribution in [0.3, 0.4) is 0 Å². The predicted octanol–water partition coefficient (Wildman–Crippen LogP) is 4.90. The van der Waals surface area contributed by atoms with E-state index in [4.69, 9.17) is 0 Å². The van der Waals surface area contributed by atoms with Crippen LogP contribution >= 0.6 is 11.8 Å². The Morgan fingerprint density at radius 3 is 2.49 bits per heavy atom. The third-order valence-electron chi connectivity index (χ3n) is 6.32. The number of nitrogens with zero attached hydrogens (tertiary/aromatic N) is 5. The molecule has 0 N–H and O–H groups in total. The smallest absolute Gasteiger partial charge is 0.263 e. The van der Waals surface area contributed by atoms with Gasteiger partial charge in [-0.3, -0.25) is 18.6 Å². The SMILES string of the molecule is CCCn1c(C)cc(C(=O)CSc2nnc3n(Cc4ccccc4)c(=O)c4ccccc4n23)c1C. The second-order valence-corrected chi connectivity index (χ2v) is 9.60. The Morgan fingerprint density at radius 2 is 1.71 bits per heavy atom. The summed E-state index contributed by atoms with van der Waals surface area (Å²) in [5.41, 5.74) is 4.48. The van der Waals surface area contributed by atoms with Gasteiger partial charge in [0, 0.05) is 23.5 Å². The molecular formula is C27H27N5O2S. The minimum Gasteiger partial charge on any atom is -0.348 e. The van der Waals surface area contributed by atoms with Crippen molar-refractivity contribution in [3.05, 3.63) is 93.5 Å². The molecule has 178 valence electrons. The van der Waals surface area contributed by atoms with E-state index >= 15 is 0 Å². The van der Waals surface area contributed by atoms with E-state index in [1.807, 2.05) is 78.9 Å². The van der Waals surface area contributed by atoms with Crippen LogP contribution < -0.4 is 5.56 Å². The third-order valence-corrected chi connectivity index (χ3v) is 7.24. The Bertz CT molecular complexity index is 1600. The molecule has 5 rings (SSSR count). The number of fused-ring (bicyclic) bond motifs is 3. The van der Waals surface area contributed by atoms with Crippen molar-refractivity contribution in [2.24, 2.45) is 0 Å². The largest absolute Gasteiger partial charge is 0.348 e. The lowest BCUT2D eigenvalue weighted by atomic mass is 10.2. The lowest BCUT2D eigenvalue weighted by Gasteiger charge is -2.11. The van der Waals surface area contributed by atoms with Crippen LogP contribution in [-0.2, 0) is 13.1 Å². The summed E-state index contributed by atoms with van der Waals surface area (Å²) < 4.78 is 5.73. The van der Waals surface area contributed by atoms with Crippen LogP contribution in [0.4, 0.5) is 0 Å². The average molecular weight is 486 g/mol. The van der Waals surface area contributed by atoms with Crippen molar-refractivity contribution < 1.29 is 4.79 Å². The number of para-hydroxylation sites is 1. The zero-order valence-electron chi connectivity index (χ0n) is 20.1. The monoisotopic (exact) mass is 485 g/mol. The van der Waals surface area contributed by atoms with Gasteiger partial charge in [0.25, 0.3) is 5.56 Å². The summed E-state index contributed by atoms with van der Waals surface area (Å²) in [6, 6.07) is 19.3. The average Bonchev–Trinajstić information content (AvgIpc) is 3.42. The van der Waals surface area contributed by atoms with Crippen molar-refractivity contribution >= 4 is 34.2 Å². The van der Waals surface area contributed by atoms with Crippen molar-refractivity contribution in [1.82, 2.24) is 23.7 Å². The van der Waals surface area contributed by atoms with E-state index in [1.165, 1.54) is 11.8 Å². The van der Waals surface area contributed by atoms with Crippen LogP contribution in [0.1, 0.15) is 40.7 Å². The maximum atomic E-state index is 13.4. The number of benzene rings is 2. The topological polar surface area (TPSA) is 74.2 Å². The van der Waals surface area contributed by atoms with Crippen LogP contribution in [0, 0.1) is 13.8 Å². The number of aromatic nitrogens is 5. The second-order valence-electron chi connectivity index (χ2n) is 8.66. The highest BCUT2D eigenvalue weighted by Gasteiger charge is 2.20. The molecule has 0 aliphatic carbocycles. The molecule has 3 heterocycles. The Hall–Kier alpha value is -3.65. The molecule has 5 aromatic rings. The zero-order chi connectivity index (χ0) is 24.5. The van der Waals surface area contributed by atoms with Crippen molar-refractivity contribution in [3.8, 4) is 0 Å². The first-order chi connectivity index (χ1) is 17.0.